The van der Waals surface area contributed by atoms with Gasteiger partial charge in [-0.25, -0.2) is 0 Å². The molecule has 0 aliphatic carbocycles. The molecule has 6 heteroatoms. The van der Waals surface area contributed by atoms with Crippen molar-refractivity contribution >= 4 is 5.69 Å². The number of aromatic nitrogens is 2. The van der Waals surface area contributed by atoms with Gasteiger partial charge in [-0.15, -0.1) is 0 Å². The van der Waals surface area contributed by atoms with Crippen molar-refractivity contribution in [1.29, 1.82) is 0 Å². The van der Waals surface area contributed by atoms with Crippen molar-refractivity contribution < 1.29 is 4.92 Å². The molecule has 1 aromatic rings. The molecule has 0 saturated heterocycles. The van der Waals surface area contributed by atoms with E-state index in [0.29, 0.717) is 17.3 Å². The lowest BCUT2D eigenvalue weighted by molar-refractivity contribution is -0.386. The maximum atomic E-state index is 11.3. The van der Waals surface area contributed by atoms with Gasteiger partial charge < -0.3 is 5.32 Å². The first-order valence-corrected chi connectivity index (χ1v) is 6.72. The second kappa shape index (κ2) is 6.14. The molecule has 0 fully saturated rings. The lowest BCUT2D eigenvalue weighted by atomic mass is 9.85. The Bertz CT molecular complexity index is 454. The van der Waals surface area contributed by atoms with Crippen LogP contribution in [0.4, 0.5) is 5.69 Å². The Morgan fingerprint density at radius 2 is 2.00 bits per heavy atom. The van der Waals surface area contributed by atoms with Gasteiger partial charge in [-0.05, 0) is 26.3 Å². The van der Waals surface area contributed by atoms with Gasteiger partial charge >= 0.3 is 5.69 Å². The van der Waals surface area contributed by atoms with Crippen molar-refractivity contribution in [3.05, 3.63) is 21.5 Å². The van der Waals surface area contributed by atoms with Crippen molar-refractivity contribution in [2.45, 2.75) is 46.6 Å². The lowest BCUT2D eigenvalue weighted by Crippen LogP contribution is -2.35. The first kappa shape index (κ1) is 15.6. The minimum atomic E-state index is -0.314. The number of nitro groups is 1. The number of aryl methyl sites for hydroxylation is 2. The number of nitrogens with one attached hydrogen (secondary N) is 1. The molecule has 0 spiro atoms. The van der Waals surface area contributed by atoms with Gasteiger partial charge in [-0.2, -0.15) is 5.10 Å². The van der Waals surface area contributed by atoms with E-state index in [1.165, 1.54) is 0 Å². The van der Waals surface area contributed by atoms with Crippen LogP contribution in [0.15, 0.2) is 0 Å². The topological polar surface area (TPSA) is 73.0 Å². The summed E-state index contributed by atoms with van der Waals surface area (Å²) in [4.78, 5) is 11.0. The van der Waals surface area contributed by atoms with Gasteiger partial charge in [0, 0.05) is 19.0 Å². The van der Waals surface area contributed by atoms with Crippen LogP contribution in [0.3, 0.4) is 0 Å². The highest BCUT2D eigenvalue weighted by Gasteiger charge is 2.34. The Hall–Kier alpha value is -1.43. The molecule has 0 radical (unpaired) electrons. The van der Waals surface area contributed by atoms with Crippen LogP contribution in [0.5, 0.6) is 0 Å². The van der Waals surface area contributed by atoms with Crippen molar-refractivity contribution in [2.24, 2.45) is 13.0 Å². The predicted octanol–water partition coefficient (Wildman–Crippen LogP) is 2.37. The Labute approximate surface area is 114 Å². The molecule has 0 aliphatic rings. The van der Waals surface area contributed by atoms with Crippen LogP contribution in [0, 0.1) is 23.0 Å². The van der Waals surface area contributed by atoms with Gasteiger partial charge in [0.1, 0.15) is 11.4 Å². The number of rotatable bonds is 6. The van der Waals surface area contributed by atoms with Crippen molar-refractivity contribution in [1.82, 2.24) is 15.1 Å². The summed E-state index contributed by atoms with van der Waals surface area (Å²) in [5.41, 5.74) is 1.36. The fraction of sp³-hybridized carbons (Fsp3) is 0.769. The summed E-state index contributed by atoms with van der Waals surface area (Å²) < 4.78 is 1.66. The van der Waals surface area contributed by atoms with E-state index in [9.17, 15) is 10.1 Å². The van der Waals surface area contributed by atoms with Gasteiger partial charge in [-0.3, -0.25) is 14.8 Å². The average Bonchev–Trinajstić information content (AvgIpc) is 2.54. The number of hydrogen-bond acceptors (Lipinski definition) is 4. The van der Waals surface area contributed by atoms with Crippen LogP contribution in [-0.2, 0) is 7.05 Å². The Kier molecular flexibility index (Phi) is 5.05. The molecule has 0 bridgehead atoms. The quantitative estimate of drug-likeness (QED) is 0.635. The molecule has 0 aliphatic heterocycles. The second-order valence-electron chi connectivity index (χ2n) is 5.32. The minimum Gasteiger partial charge on any atom is -0.314 e. The molecule has 1 N–H and O–H groups in total. The van der Waals surface area contributed by atoms with E-state index in [0.717, 1.165) is 6.54 Å². The van der Waals surface area contributed by atoms with E-state index in [2.05, 4.69) is 31.2 Å². The smallest absolute Gasteiger partial charge is 0.313 e. The first-order chi connectivity index (χ1) is 8.81. The summed E-state index contributed by atoms with van der Waals surface area (Å²) in [6.45, 7) is 10.8. The van der Waals surface area contributed by atoms with Crippen molar-refractivity contribution in [3.8, 4) is 0 Å². The molecule has 0 saturated carbocycles. The van der Waals surface area contributed by atoms with Crippen LogP contribution in [0.1, 0.15) is 45.0 Å². The highest BCUT2D eigenvalue weighted by Crippen LogP contribution is 2.35. The molecule has 108 valence electrons. The SMILES string of the molecule is CCNC(C)C(c1c([N+](=O)[O-])c(C)nn1C)C(C)C. The normalized spacial score (nSPS) is 14.7. The summed E-state index contributed by atoms with van der Waals surface area (Å²) in [5.74, 6) is 0.356. The molecule has 6 nitrogen and oxygen atoms in total. The molecule has 2 atom stereocenters. The van der Waals surface area contributed by atoms with E-state index in [1.54, 1.807) is 18.7 Å². The zero-order chi connectivity index (χ0) is 14.7. The molecule has 0 aromatic carbocycles. The average molecular weight is 268 g/mol. The number of nitrogens with zero attached hydrogens (tertiary/aromatic N) is 3. The van der Waals surface area contributed by atoms with Crippen LogP contribution >= 0.6 is 0 Å². The highest BCUT2D eigenvalue weighted by atomic mass is 16.6. The maximum Gasteiger partial charge on any atom is 0.313 e. The van der Waals surface area contributed by atoms with E-state index in [4.69, 9.17) is 0 Å². The molecule has 1 aromatic heterocycles. The third-order valence-electron chi connectivity index (χ3n) is 3.52. The summed E-state index contributed by atoms with van der Waals surface area (Å²) in [6, 6.07) is 0.165. The largest absolute Gasteiger partial charge is 0.314 e. The lowest BCUT2D eigenvalue weighted by Gasteiger charge is -2.27. The third-order valence-corrected chi connectivity index (χ3v) is 3.52. The van der Waals surface area contributed by atoms with Crippen LogP contribution < -0.4 is 5.32 Å². The van der Waals surface area contributed by atoms with Crippen LogP contribution in [0.2, 0.25) is 0 Å². The molecule has 0 amide bonds. The van der Waals surface area contributed by atoms with E-state index in [-0.39, 0.29) is 22.6 Å². The fourth-order valence-corrected chi connectivity index (χ4v) is 2.84. The molecule has 2 unspecified atom stereocenters. The highest BCUT2D eigenvalue weighted by molar-refractivity contribution is 5.43. The summed E-state index contributed by atoms with van der Waals surface area (Å²) in [7, 11) is 1.78. The van der Waals surface area contributed by atoms with Crippen LogP contribution in [0.25, 0.3) is 0 Å². The Morgan fingerprint density at radius 1 is 1.42 bits per heavy atom. The first-order valence-electron chi connectivity index (χ1n) is 6.72. The third kappa shape index (κ3) is 3.12. The molecule has 1 rings (SSSR count). The molecular formula is C13H24N4O2. The summed E-state index contributed by atoms with van der Waals surface area (Å²) in [6.07, 6.45) is 0. The Morgan fingerprint density at radius 3 is 2.42 bits per heavy atom. The van der Waals surface area contributed by atoms with Crippen LogP contribution in [-0.4, -0.2) is 27.3 Å². The predicted molar refractivity (Wildman–Crippen MR) is 75.3 cm³/mol. The van der Waals surface area contributed by atoms with E-state index >= 15 is 0 Å². The maximum absolute atomic E-state index is 11.3. The number of hydrogen-bond donors (Lipinski definition) is 1. The van der Waals surface area contributed by atoms with Gasteiger partial charge in [0.25, 0.3) is 0 Å². The fourth-order valence-electron chi connectivity index (χ4n) is 2.84. The summed E-state index contributed by atoms with van der Waals surface area (Å²) in [5, 5.41) is 18.9. The van der Waals surface area contributed by atoms with Crippen molar-refractivity contribution in [3.63, 3.8) is 0 Å². The standard InChI is InChI=1S/C13H24N4O2/c1-7-14-9(4)11(8(2)3)13-12(17(18)19)10(5)15-16(13)6/h8-9,11,14H,7H2,1-6H3. The zero-order valence-corrected chi connectivity index (χ0v) is 12.6. The summed E-state index contributed by atoms with van der Waals surface area (Å²) >= 11 is 0. The second-order valence-corrected chi connectivity index (χ2v) is 5.32. The molecule has 19 heavy (non-hydrogen) atoms. The van der Waals surface area contributed by atoms with Gasteiger partial charge in [0.15, 0.2) is 0 Å². The molecular weight excluding hydrogens is 244 g/mol. The van der Waals surface area contributed by atoms with E-state index < -0.39 is 0 Å². The van der Waals surface area contributed by atoms with Gasteiger partial charge in [0.05, 0.1) is 4.92 Å². The minimum absolute atomic E-state index is 0.0616. The zero-order valence-electron chi connectivity index (χ0n) is 12.6. The van der Waals surface area contributed by atoms with Crippen molar-refractivity contribution in [2.75, 3.05) is 6.54 Å². The Balaban J connectivity index is 3.34. The number of likely N-dealkylation sites (N-methyl/N-ethyl adjacent to an activating group) is 1. The van der Waals surface area contributed by atoms with Gasteiger partial charge in [-0.1, -0.05) is 20.8 Å². The van der Waals surface area contributed by atoms with E-state index in [1.807, 2.05) is 6.92 Å². The molecule has 1 heterocycles. The van der Waals surface area contributed by atoms with Gasteiger partial charge in [0.2, 0.25) is 0 Å². The monoisotopic (exact) mass is 268 g/mol.